The summed E-state index contributed by atoms with van der Waals surface area (Å²) in [6.07, 6.45) is 1.35. The van der Waals surface area contributed by atoms with Crippen molar-refractivity contribution in [1.82, 2.24) is 9.88 Å². The summed E-state index contributed by atoms with van der Waals surface area (Å²) in [4.78, 5) is 28.4. The lowest BCUT2D eigenvalue weighted by Gasteiger charge is -2.27. The monoisotopic (exact) mass is 266 g/mol. The zero-order valence-corrected chi connectivity index (χ0v) is 11.3. The molecule has 0 fully saturated rings. The molecule has 0 aromatic carbocycles. The molecule has 1 rings (SSSR count). The van der Waals surface area contributed by atoms with Crippen molar-refractivity contribution in [2.75, 3.05) is 13.7 Å². The van der Waals surface area contributed by atoms with Crippen LogP contribution in [-0.4, -0.2) is 46.6 Å². The van der Waals surface area contributed by atoms with Crippen molar-refractivity contribution in [2.24, 2.45) is 0 Å². The third-order valence-corrected chi connectivity index (χ3v) is 2.80. The van der Waals surface area contributed by atoms with E-state index in [1.54, 1.807) is 19.1 Å². The van der Waals surface area contributed by atoms with Crippen LogP contribution < -0.4 is 4.74 Å². The van der Waals surface area contributed by atoms with Crippen LogP contribution in [0.5, 0.6) is 5.88 Å². The first-order valence-electron chi connectivity index (χ1n) is 6.02. The number of pyridine rings is 1. The van der Waals surface area contributed by atoms with Crippen molar-refractivity contribution in [3.8, 4) is 5.88 Å². The molecule has 0 aliphatic rings. The van der Waals surface area contributed by atoms with Gasteiger partial charge in [-0.05, 0) is 19.9 Å². The molecule has 0 saturated heterocycles. The first-order chi connectivity index (χ1) is 8.99. The Balaban J connectivity index is 2.85. The molecule has 6 heteroatoms. The van der Waals surface area contributed by atoms with E-state index in [2.05, 4.69) is 4.98 Å². The fraction of sp³-hybridized carbons (Fsp3) is 0.462. The predicted molar refractivity (Wildman–Crippen MR) is 69.2 cm³/mol. The molecule has 1 aromatic rings. The molecule has 19 heavy (non-hydrogen) atoms. The highest BCUT2D eigenvalue weighted by Gasteiger charge is 2.22. The number of amides is 1. The van der Waals surface area contributed by atoms with Crippen LogP contribution >= 0.6 is 0 Å². The molecule has 6 nitrogen and oxygen atoms in total. The van der Waals surface area contributed by atoms with Gasteiger partial charge in [0.05, 0.1) is 19.1 Å². The number of nitrogens with zero attached hydrogens (tertiary/aromatic N) is 2. The van der Waals surface area contributed by atoms with Crippen molar-refractivity contribution in [1.29, 1.82) is 0 Å². The summed E-state index contributed by atoms with van der Waals surface area (Å²) >= 11 is 0. The number of carboxylic acid groups (broad SMARTS) is 1. The summed E-state index contributed by atoms with van der Waals surface area (Å²) in [7, 11) is 1.50. The number of aliphatic carboxylic acids is 1. The van der Waals surface area contributed by atoms with E-state index < -0.39 is 5.97 Å². The van der Waals surface area contributed by atoms with Crippen molar-refractivity contribution in [3.63, 3.8) is 0 Å². The zero-order valence-electron chi connectivity index (χ0n) is 11.3. The van der Waals surface area contributed by atoms with Gasteiger partial charge >= 0.3 is 5.97 Å². The van der Waals surface area contributed by atoms with E-state index in [4.69, 9.17) is 9.84 Å². The van der Waals surface area contributed by atoms with Crippen LogP contribution in [0.15, 0.2) is 18.3 Å². The minimum Gasteiger partial charge on any atom is -0.481 e. The van der Waals surface area contributed by atoms with Crippen LogP contribution in [0.4, 0.5) is 0 Å². The maximum atomic E-state index is 12.3. The average Bonchev–Trinajstić information content (AvgIpc) is 2.38. The second-order valence-corrected chi connectivity index (χ2v) is 4.13. The van der Waals surface area contributed by atoms with E-state index in [0.29, 0.717) is 18.0 Å². The molecular weight excluding hydrogens is 248 g/mol. The van der Waals surface area contributed by atoms with Crippen LogP contribution in [-0.2, 0) is 4.79 Å². The van der Waals surface area contributed by atoms with Crippen molar-refractivity contribution in [3.05, 3.63) is 23.9 Å². The molecule has 1 aromatic heterocycles. The predicted octanol–water partition coefficient (Wildman–Crippen LogP) is 1.42. The minimum atomic E-state index is -0.924. The Labute approximate surface area is 112 Å². The van der Waals surface area contributed by atoms with Gasteiger partial charge in [0.1, 0.15) is 0 Å². The van der Waals surface area contributed by atoms with Crippen LogP contribution in [0, 0.1) is 0 Å². The molecule has 1 atom stereocenters. The summed E-state index contributed by atoms with van der Waals surface area (Å²) in [6, 6.07) is 2.85. The Morgan fingerprint density at radius 1 is 1.47 bits per heavy atom. The van der Waals surface area contributed by atoms with Crippen molar-refractivity contribution < 1.29 is 19.4 Å². The number of carboxylic acids is 1. The van der Waals surface area contributed by atoms with Gasteiger partial charge in [0.2, 0.25) is 5.88 Å². The second-order valence-electron chi connectivity index (χ2n) is 4.13. The normalized spacial score (nSPS) is 11.7. The van der Waals surface area contributed by atoms with Gasteiger partial charge in [0, 0.05) is 24.8 Å². The van der Waals surface area contributed by atoms with E-state index in [1.165, 1.54) is 18.2 Å². The Morgan fingerprint density at radius 2 is 2.16 bits per heavy atom. The maximum Gasteiger partial charge on any atom is 0.305 e. The molecule has 0 aliphatic heterocycles. The number of hydrogen-bond acceptors (Lipinski definition) is 4. The summed E-state index contributed by atoms with van der Waals surface area (Å²) in [6.45, 7) is 3.97. The largest absolute Gasteiger partial charge is 0.481 e. The number of hydrogen-bond donors (Lipinski definition) is 1. The Bertz CT molecular complexity index is 444. The van der Waals surface area contributed by atoms with Gasteiger partial charge in [0.25, 0.3) is 5.91 Å². The van der Waals surface area contributed by atoms with Crippen LogP contribution in [0.25, 0.3) is 0 Å². The fourth-order valence-electron chi connectivity index (χ4n) is 1.81. The molecule has 0 aliphatic carbocycles. The van der Waals surface area contributed by atoms with Gasteiger partial charge in [-0.25, -0.2) is 4.98 Å². The van der Waals surface area contributed by atoms with Gasteiger partial charge in [-0.1, -0.05) is 0 Å². The molecule has 1 heterocycles. The highest BCUT2D eigenvalue weighted by molar-refractivity contribution is 5.94. The minimum absolute atomic E-state index is 0.0802. The molecule has 0 bridgehead atoms. The van der Waals surface area contributed by atoms with E-state index in [1.807, 2.05) is 6.92 Å². The number of aromatic nitrogens is 1. The Hall–Kier alpha value is -2.11. The molecule has 1 N–H and O–H groups in total. The summed E-state index contributed by atoms with van der Waals surface area (Å²) in [5, 5.41) is 8.78. The highest BCUT2D eigenvalue weighted by atomic mass is 16.5. The lowest BCUT2D eigenvalue weighted by Crippen LogP contribution is -2.39. The molecule has 0 radical (unpaired) electrons. The SMILES string of the molecule is CCN(C(=O)c1ccc(OC)nc1)C(C)CC(=O)O. The van der Waals surface area contributed by atoms with E-state index in [9.17, 15) is 9.59 Å². The Kier molecular flexibility index (Phi) is 5.29. The molecule has 1 amide bonds. The summed E-state index contributed by atoms with van der Waals surface area (Å²) in [5.41, 5.74) is 0.417. The second kappa shape index (κ2) is 6.72. The number of rotatable bonds is 6. The molecule has 0 saturated carbocycles. The third-order valence-electron chi connectivity index (χ3n) is 2.80. The van der Waals surface area contributed by atoms with Gasteiger partial charge in [-0.2, -0.15) is 0 Å². The zero-order chi connectivity index (χ0) is 14.4. The highest BCUT2D eigenvalue weighted by Crippen LogP contribution is 2.12. The standard InChI is InChI=1S/C13H18N2O4/c1-4-15(9(2)7-12(16)17)13(18)10-5-6-11(19-3)14-8-10/h5-6,8-9H,4,7H2,1-3H3,(H,16,17). The van der Waals surface area contributed by atoms with Crippen LogP contribution in [0.1, 0.15) is 30.6 Å². The third kappa shape index (κ3) is 3.94. The van der Waals surface area contributed by atoms with Crippen LogP contribution in [0.2, 0.25) is 0 Å². The van der Waals surface area contributed by atoms with E-state index >= 15 is 0 Å². The van der Waals surface area contributed by atoms with E-state index in [-0.39, 0.29) is 18.4 Å². The fourth-order valence-corrected chi connectivity index (χ4v) is 1.81. The molecule has 1 unspecified atom stereocenters. The summed E-state index contributed by atoms with van der Waals surface area (Å²) in [5.74, 6) is -0.726. The lowest BCUT2D eigenvalue weighted by atomic mass is 10.1. The number of ether oxygens (including phenoxy) is 1. The number of carbonyl (C=O) groups is 2. The maximum absolute atomic E-state index is 12.3. The van der Waals surface area contributed by atoms with Crippen LogP contribution in [0.3, 0.4) is 0 Å². The van der Waals surface area contributed by atoms with Crippen molar-refractivity contribution in [2.45, 2.75) is 26.3 Å². The van der Waals surface area contributed by atoms with Gasteiger partial charge < -0.3 is 14.7 Å². The van der Waals surface area contributed by atoms with Crippen molar-refractivity contribution >= 4 is 11.9 Å². The number of methoxy groups -OCH3 is 1. The van der Waals surface area contributed by atoms with E-state index in [0.717, 1.165) is 0 Å². The number of carbonyl (C=O) groups excluding carboxylic acids is 1. The smallest absolute Gasteiger partial charge is 0.305 e. The topological polar surface area (TPSA) is 79.7 Å². The quantitative estimate of drug-likeness (QED) is 0.842. The molecule has 104 valence electrons. The van der Waals surface area contributed by atoms with Gasteiger partial charge in [0.15, 0.2) is 0 Å². The first kappa shape index (κ1) is 14.9. The lowest BCUT2D eigenvalue weighted by molar-refractivity contribution is -0.138. The first-order valence-corrected chi connectivity index (χ1v) is 6.02. The molecule has 0 spiro atoms. The Morgan fingerprint density at radius 3 is 2.58 bits per heavy atom. The molecular formula is C13H18N2O4. The van der Waals surface area contributed by atoms with Gasteiger partial charge in [-0.3, -0.25) is 9.59 Å². The van der Waals surface area contributed by atoms with Gasteiger partial charge in [-0.15, -0.1) is 0 Å². The average molecular weight is 266 g/mol. The summed E-state index contributed by atoms with van der Waals surface area (Å²) < 4.78 is 4.92.